The van der Waals surface area contributed by atoms with Gasteiger partial charge in [-0.2, -0.15) is 0 Å². The third kappa shape index (κ3) is 3.45. The summed E-state index contributed by atoms with van der Waals surface area (Å²) in [5.74, 6) is 1.30. The van der Waals surface area contributed by atoms with Crippen LogP contribution in [0.1, 0.15) is 23.7 Å². The highest BCUT2D eigenvalue weighted by molar-refractivity contribution is 7.92. The monoisotopic (exact) mass is 388 g/mol. The summed E-state index contributed by atoms with van der Waals surface area (Å²) in [6, 6.07) is 13.7. The summed E-state index contributed by atoms with van der Waals surface area (Å²) in [6.45, 7) is 0.798. The summed E-state index contributed by atoms with van der Waals surface area (Å²) in [4.78, 5) is 0.141. The minimum Gasteiger partial charge on any atom is -0.317 e. The lowest BCUT2D eigenvalue weighted by molar-refractivity contribution is 0.456. The van der Waals surface area contributed by atoms with Crippen molar-refractivity contribution in [1.82, 2.24) is 14.8 Å². The average Bonchev–Trinajstić information content (AvgIpc) is 3.09. The van der Waals surface area contributed by atoms with Crippen LogP contribution >= 0.6 is 11.6 Å². The molecule has 0 radical (unpaired) electrons. The molecule has 0 aliphatic carbocycles. The average molecular weight is 389 g/mol. The molecule has 2 heterocycles. The maximum Gasteiger partial charge on any atom is 0.261 e. The van der Waals surface area contributed by atoms with Gasteiger partial charge in [-0.1, -0.05) is 29.8 Å². The zero-order valence-corrected chi connectivity index (χ0v) is 15.4. The fourth-order valence-corrected chi connectivity index (χ4v) is 4.58. The Balaban J connectivity index is 1.57. The summed E-state index contributed by atoms with van der Waals surface area (Å²) >= 11 is 5.91. The van der Waals surface area contributed by atoms with Crippen molar-refractivity contribution in [1.29, 1.82) is 0 Å². The number of anilines is 1. The van der Waals surface area contributed by atoms with E-state index in [-0.39, 0.29) is 4.90 Å². The number of nitrogens with zero attached hydrogens (tertiary/aromatic N) is 3. The number of nitrogens with one attached hydrogen (secondary N) is 1. The SMILES string of the molecule is O=S(=O)(Nc1cccc(C2CCc3nncn3C2)c1)c1cccc(Cl)c1. The van der Waals surface area contributed by atoms with Gasteiger partial charge in [-0.05, 0) is 42.3 Å². The van der Waals surface area contributed by atoms with Crippen molar-refractivity contribution in [3.8, 4) is 0 Å². The molecule has 2 aromatic carbocycles. The molecule has 1 N–H and O–H groups in total. The highest BCUT2D eigenvalue weighted by atomic mass is 35.5. The molecule has 0 saturated carbocycles. The lowest BCUT2D eigenvalue weighted by atomic mass is 9.91. The predicted octanol–water partition coefficient (Wildman–Crippen LogP) is 3.46. The molecule has 0 fully saturated rings. The molecule has 26 heavy (non-hydrogen) atoms. The molecular formula is C18H17ClN4O2S. The zero-order chi connectivity index (χ0) is 18.1. The van der Waals surface area contributed by atoms with Crippen LogP contribution in [0.15, 0.2) is 59.8 Å². The number of halogens is 1. The van der Waals surface area contributed by atoms with Crippen LogP contribution in [0.3, 0.4) is 0 Å². The number of aryl methyl sites for hydroxylation is 1. The van der Waals surface area contributed by atoms with Crippen LogP contribution in [0.25, 0.3) is 0 Å². The molecule has 1 aliphatic heterocycles. The Morgan fingerprint density at radius 2 is 2.00 bits per heavy atom. The van der Waals surface area contributed by atoms with Crippen LogP contribution < -0.4 is 4.72 Å². The van der Waals surface area contributed by atoms with E-state index >= 15 is 0 Å². The molecule has 0 bridgehead atoms. The Morgan fingerprint density at radius 3 is 2.85 bits per heavy atom. The molecular weight excluding hydrogens is 372 g/mol. The molecule has 6 nitrogen and oxygen atoms in total. The largest absolute Gasteiger partial charge is 0.317 e. The van der Waals surface area contributed by atoms with Crippen molar-refractivity contribution in [2.24, 2.45) is 0 Å². The summed E-state index contributed by atoms with van der Waals surface area (Å²) < 4.78 is 29.8. The van der Waals surface area contributed by atoms with Crippen molar-refractivity contribution < 1.29 is 8.42 Å². The van der Waals surface area contributed by atoms with Crippen LogP contribution in [0.2, 0.25) is 5.02 Å². The van der Waals surface area contributed by atoms with Gasteiger partial charge < -0.3 is 4.57 Å². The number of sulfonamides is 1. The second-order valence-electron chi connectivity index (χ2n) is 6.32. The van der Waals surface area contributed by atoms with Crippen molar-refractivity contribution in [2.75, 3.05) is 4.72 Å². The quantitative estimate of drug-likeness (QED) is 0.742. The predicted molar refractivity (Wildman–Crippen MR) is 99.8 cm³/mol. The second kappa shape index (κ2) is 6.74. The Hall–Kier alpha value is -2.38. The smallest absolute Gasteiger partial charge is 0.261 e. The third-order valence-electron chi connectivity index (χ3n) is 4.55. The van der Waals surface area contributed by atoms with Crippen LogP contribution in [0, 0.1) is 0 Å². The maximum atomic E-state index is 12.6. The Morgan fingerprint density at radius 1 is 1.15 bits per heavy atom. The Kier molecular flexibility index (Phi) is 4.42. The molecule has 1 unspecified atom stereocenters. The van der Waals surface area contributed by atoms with Crippen molar-refractivity contribution in [2.45, 2.75) is 30.2 Å². The van der Waals surface area contributed by atoms with E-state index in [0.717, 1.165) is 30.8 Å². The standard InChI is InChI=1S/C18H17ClN4O2S/c19-15-4-2-6-17(10-15)26(24,25)22-16-5-1-3-13(9-16)14-7-8-18-21-20-12-23(18)11-14/h1-6,9-10,12,14,22H,7-8,11H2. The van der Waals surface area contributed by atoms with Gasteiger partial charge >= 0.3 is 0 Å². The van der Waals surface area contributed by atoms with Crippen molar-refractivity contribution in [3.63, 3.8) is 0 Å². The van der Waals surface area contributed by atoms with Crippen LogP contribution in [0.4, 0.5) is 5.69 Å². The molecule has 0 spiro atoms. The van der Waals surface area contributed by atoms with Gasteiger partial charge in [0.1, 0.15) is 12.2 Å². The fourth-order valence-electron chi connectivity index (χ4n) is 3.23. The number of benzene rings is 2. The van der Waals surface area contributed by atoms with E-state index in [4.69, 9.17) is 11.6 Å². The summed E-state index contributed by atoms with van der Waals surface area (Å²) in [6.07, 6.45) is 3.57. The zero-order valence-electron chi connectivity index (χ0n) is 13.8. The number of hydrogen-bond acceptors (Lipinski definition) is 4. The minimum absolute atomic E-state index is 0.141. The van der Waals surface area contributed by atoms with E-state index in [1.807, 2.05) is 18.2 Å². The van der Waals surface area contributed by atoms with Crippen LogP contribution in [-0.4, -0.2) is 23.2 Å². The first kappa shape index (κ1) is 17.1. The highest BCUT2D eigenvalue weighted by Gasteiger charge is 2.22. The summed E-state index contributed by atoms with van der Waals surface area (Å²) in [7, 11) is -3.68. The fraction of sp³-hybridized carbons (Fsp3) is 0.222. The van der Waals surface area contributed by atoms with Crippen molar-refractivity contribution in [3.05, 3.63) is 71.3 Å². The van der Waals surface area contributed by atoms with E-state index in [9.17, 15) is 8.42 Å². The molecule has 3 aromatic rings. The molecule has 1 aromatic heterocycles. The van der Waals surface area contributed by atoms with Gasteiger partial charge in [0.2, 0.25) is 0 Å². The number of rotatable bonds is 4. The molecule has 0 saturated heterocycles. The number of aromatic nitrogens is 3. The van der Waals surface area contributed by atoms with E-state index in [0.29, 0.717) is 16.6 Å². The van der Waals surface area contributed by atoms with Gasteiger partial charge in [-0.25, -0.2) is 8.42 Å². The number of hydrogen-bond donors (Lipinski definition) is 1. The molecule has 1 aliphatic rings. The van der Waals surface area contributed by atoms with E-state index < -0.39 is 10.0 Å². The lowest BCUT2D eigenvalue weighted by Gasteiger charge is -2.23. The first-order chi connectivity index (χ1) is 12.5. The van der Waals surface area contributed by atoms with Crippen molar-refractivity contribution >= 4 is 27.3 Å². The highest BCUT2D eigenvalue weighted by Crippen LogP contribution is 2.30. The van der Waals surface area contributed by atoms with E-state index in [2.05, 4.69) is 19.5 Å². The molecule has 1 atom stereocenters. The summed E-state index contributed by atoms with van der Waals surface area (Å²) in [5.41, 5.74) is 1.63. The Labute approximate surface area is 156 Å². The van der Waals surface area contributed by atoms with Gasteiger partial charge in [0.25, 0.3) is 10.0 Å². The second-order valence-corrected chi connectivity index (χ2v) is 8.44. The van der Waals surface area contributed by atoms with Gasteiger partial charge in [-0.15, -0.1) is 10.2 Å². The minimum atomic E-state index is -3.68. The maximum absolute atomic E-state index is 12.6. The van der Waals surface area contributed by atoms with Crippen LogP contribution in [-0.2, 0) is 23.0 Å². The van der Waals surface area contributed by atoms with Gasteiger partial charge in [0.15, 0.2) is 0 Å². The molecule has 134 valence electrons. The summed E-state index contributed by atoms with van der Waals surface area (Å²) in [5, 5.41) is 8.43. The van der Waals surface area contributed by atoms with E-state index in [1.165, 1.54) is 12.1 Å². The van der Waals surface area contributed by atoms with Gasteiger partial charge in [0, 0.05) is 29.6 Å². The van der Waals surface area contributed by atoms with Gasteiger partial charge in [0.05, 0.1) is 4.90 Å². The third-order valence-corrected chi connectivity index (χ3v) is 6.16. The molecule has 4 rings (SSSR count). The first-order valence-corrected chi connectivity index (χ1v) is 10.1. The normalized spacial score (nSPS) is 16.9. The molecule has 0 amide bonds. The van der Waals surface area contributed by atoms with E-state index in [1.54, 1.807) is 24.5 Å². The first-order valence-electron chi connectivity index (χ1n) is 8.26. The number of fused-ring (bicyclic) bond motifs is 1. The van der Waals surface area contributed by atoms with Crippen LogP contribution in [0.5, 0.6) is 0 Å². The Bertz CT molecular complexity index is 1050. The topological polar surface area (TPSA) is 76.9 Å². The molecule has 8 heteroatoms. The lowest BCUT2D eigenvalue weighted by Crippen LogP contribution is -2.19. The van der Waals surface area contributed by atoms with Gasteiger partial charge in [-0.3, -0.25) is 4.72 Å².